The van der Waals surface area contributed by atoms with Gasteiger partial charge in [0.15, 0.2) is 0 Å². The highest BCUT2D eigenvalue weighted by Crippen LogP contribution is 2.15. The van der Waals surface area contributed by atoms with Crippen LogP contribution in [0.2, 0.25) is 0 Å². The fraction of sp³-hybridized carbons (Fsp3) is 1.00. The predicted molar refractivity (Wildman–Crippen MR) is 86.9 cm³/mol. The lowest BCUT2D eigenvalue weighted by atomic mass is 10.0. The Bertz CT molecular complexity index is 51.7. The summed E-state index contributed by atoms with van der Waals surface area (Å²) in [5, 5.41) is 0. The van der Waals surface area contributed by atoms with Gasteiger partial charge >= 0.3 is 0 Å². The van der Waals surface area contributed by atoms with Gasteiger partial charge in [-0.15, -0.1) is 0 Å². The topological polar surface area (TPSA) is 0 Å². The number of rotatable bonds is 2. The lowest BCUT2D eigenvalue weighted by Crippen LogP contribution is -1.85. The molecule has 0 heteroatoms. The summed E-state index contributed by atoms with van der Waals surface area (Å²) in [5.74, 6) is 0.833. The molecule has 0 saturated heterocycles. The summed E-state index contributed by atoms with van der Waals surface area (Å²) in [6, 6.07) is 0. The Kier molecular flexibility index (Phi) is 54.5. The Morgan fingerprint density at radius 2 is 0.824 bits per heavy atom. The molecular formula is C17H42. The van der Waals surface area contributed by atoms with Gasteiger partial charge in [0.2, 0.25) is 0 Å². The van der Waals surface area contributed by atoms with E-state index in [9.17, 15) is 0 Å². The minimum Gasteiger partial charge on any atom is -0.0683 e. The molecule has 1 aliphatic rings. The summed E-state index contributed by atoms with van der Waals surface area (Å²) in [6.07, 6.45) is 10.1. The lowest BCUT2D eigenvalue weighted by Gasteiger charge is -2.05. The van der Waals surface area contributed by atoms with Gasteiger partial charge in [-0.3, -0.25) is 0 Å². The van der Waals surface area contributed by atoms with Crippen LogP contribution in [0.15, 0.2) is 0 Å². The Balaban J connectivity index is -0.0000000653. The van der Waals surface area contributed by atoms with Crippen LogP contribution in [0.5, 0.6) is 0 Å². The van der Waals surface area contributed by atoms with Crippen LogP contribution in [0.25, 0.3) is 0 Å². The minimum atomic E-state index is 0.833. The number of hydrogen-bond donors (Lipinski definition) is 0. The van der Waals surface area contributed by atoms with Gasteiger partial charge in [-0.05, 0) is 5.92 Å². The zero-order valence-electron chi connectivity index (χ0n) is 14.5. The molecule has 0 aromatic rings. The summed E-state index contributed by atoms with van der Waals surface area (Å²) in [4.78, 5) is 0. The van der Waals surface area contributed by atoms with Gasteiger partial charge in [0.25, 0.3) is 0 Å². The third-order valence-corrected chi connectivity index (χ3v) is 1.71. The van der Waals surface area contributed by atoms with Crippen molar-refractivity contribution in [2.45, 2.75) is 107 Å². The zero-order valence-corrected chi connectivity index (χ0v) is 14.5. The van der Waals surface area contributed by atoms with Gasteiger partial charge in [-0.1, -0.05) is 107 Å². The Labute approximate surface area is 114 Å². The van der Waals surface area contributed by atoms with Crippen LogP contribution < -0.4 is 0 Å². The highest BCUT2D eigenvalue weighted by molar-refractivity contribution is 4.50. The minimum absolute atomic E-state index is 0.833. The van der Waals surface area contributed by atoms with Gasteiger partial charge in [-0.25, -0.2) is 0 Å². The maximum Gasteiger partial charge on any atom is -0.0500 e. The van der Waals surface area contributed by atoms with E-state index in [4.69, 9.17) is 0 Å². The van der Waals surface area contributed by atoms with E-state index in [0.29, 0.717) is 0 Å². The first kappa shape index (κ1) is 25.8. The van der Waals surface area contributed by atoms with Gasteiger partial charge in [0.1, 0.15) is 0 Å². The van der Waals surface area contributed by atoms with Gasteiger partial charge in [0, 0.05) is 0 Å². The third kappa shape index (κ3) is 87.1. The fourth-order valence-corrected chi connectivity index (χ4v) is 0.604. The van der Waals surface area contributed by atoms with Crippen molar-refractivity contribution >= 4 is 0 Å². The Morgan fingerprint density at radius 3 is 0.824 bits per heavy atom. The second kappa shape index (κ2) is 36.0. The van der Waals surface area contributed by atoms with Crippen molar-refractivity contribution in [3.05, 3.63) is 0 Å². The van der Waals surface area contributed by atoms with E-state index in [0.717, 1.165) is 5.92 Å². The van der Waals surface area contributed by atoms with Crippen molar-refractivity contribution < 1.29 is 0 Å². The van der Waals surface area contributed by atoms with Crippen molar-refractivity contribution in [3.63, 3.8) is 0 Å². The molecule has 0 nitrogen and oxygen atoms in total. The van der Waals surface area contributed by atoms with Gasteiger partial charge < -0.3 is 0 Å². The van der Waals surface area contributed by atoms with Crippen LogP contribution in [0.3, 0.4) is 0 Å². The summed E-state index contributed by atoms with van der Waals surface area (Å²) in [5.41, 5.74) is 0. The molecule has 0 amide bonds. The van der Waals surface area contributed by atoms with E-state index < -0.39 is 0 Å². The molecule has 110 valence electrons. The first-order chi connectivity index (χ1) is 8.15. The van der Waals surface area contributed by atoms with E-state index in [-0.39, 0.29) is 0 Å². The molecule has 1 saturated carbocycles. The van der Waals surface area contributed by atoms with Crippen LogP contribution in [0, 0.1) is 5.92 Å². The molecule has 17 heavy (non-hydrogen) atoms. The maximum absolute atomic E-state index is 2.21. The van der Waals surface area contributed by atoms with Crippen molar-refractivity contribution in [2.24, 2.45) is 5.92 Å². The largest absolute Gasteiger partial charge is 0.0683 e. The SMILES string of the molecule is C1CCC1.CC.CC.CC(C)C.CCCCC. The Hall–Kier alpha value is 0. The normalized spacial score (nSPS) is 10.9. The van der Waals surface area contributed by atoms with Crippen molar-refractivity contribution in [2.75, 3.05) is 0 Å². The molecule has 0 N–H and O–H groups in total. The molecule has 0 aromatic carbocycles. The summed E-state index contributed by atoms with van der Waals surface area (Å²) < 4.78 is 0. The molecule has 0 bridgehead atoms. The van der Waals surface area contributed by atoms with E-state index in [1.54, 1.807) is 0 Å². The van der Waals surface area contributed by atoms with Crippen molar-refractivity contribution in [1.29, 1.82) is 0 Å². The molecular weight excluding hydrogens is 204 g/mol. The molecule has 1 rings (SSSR count). The zero-order chi connectivity index (χ0) is 14.5. The lowest BCUT2D eigenvalue weighted by molar-refractivity contribution is 0.504. The molecule has 0 heterocycles. The average molecular weight is 247 g/mol. The van der Waals surface area contributed by atoms with Gasteiger partial charge in [-0.2, -0.15) is 0 Å². The van der Waals surface area contributed by atoms with Gasteiger partial charge in [0.05, 0.1) is 0 Å². The smallest absolute Gasteiger partial charge is 0.0500 e. The molecule has 0 atom stereocenters. The van der Waals surface area contributed by atoms with Crippen LogP contribution >= 0.6 is 0 Å². The molecule has 0 spiro atoms. The highest BCUT2D eigenvalue weighted by Gasteiger charge is 1.95. The monoisotopic (exact) mass is 246 g/mol. The quantitative estimate of drug-likeness (QED) is 0.474. The molecule has 0 radical (unpaired) electrons. The highest BCUT2D eigenvalue weighted by atomic mass is 14.0. The summed E-state index contributed by atoms with van der Waals surface area (Å²) in [6.45, 7) is 18.9. The molecule has 0 unspecified atom stereocenters. The van der Waals surface area contributed by atoms with Crippen LogP contribution in [-0.4, -0.2) is 0 Å². The fourth-order valence-electron chi connectivity index (χ4n) is 0.604. The summed E-state index contributed by atoms with van der Waals surface area (Å²) in [7, 11) is 0. The molecule has 0 aliphatic heterocycles. The van der Waals surface area contributed by atoms with E-state index in [1.807, 2.05) is 27.7 Å². The van der Waals surface area contributed by atoms with Crippen LogP contribution in [0.4, 0.5) is 0 Å². The maximum atomic E-state index is 2.21. The number of unbranched alkanes of at least 4 members (excludes halogenated alkanes) is 2. The standard InChI is InChI=1S/C5H12.C4H8.C4H10.2C2H6/c1-3-5-4-2;1-2-4-3-1;1-4(2)3;2*1-2/h3-5H2,1-2H3;1-4H2;4H,1-3H3;2*1-2H3. The second-order valence-corrected chi connectivity index (χ2v) is 4.50. The van der Waals surface area contributed by atoms with Crippen molar-refractivity contribution in [3.8, 4) is 0 Å². The van der Waals surface area contributed by atoms with E-state index >= 15 is 0 Å². The molecule has 1 aliphatic carbocycles. The van der Waals surface area contributed by atoms with E-state index in [1.165, 1.54) is 44.9 Å². The first-order valence-corrected chi connectivity index (χ1v) is 8.15. The first-order valence-electron chi connectivity index (χ1n) is 8.15. The molecule has 1 fully saturated rings. The van der Waals surface area contributed by atoms with Crippen molar-refractivity contribution in [1.82, 2.24) is 0 Å². The van der Waals surface area contributed by atoms with E-state index in [2.05, 4.69) is 34.6 Å². The summed E-state index contributed by atoms with van der Waals surface area (Å²) >= 11 is 0. The average Bonchev–Trinajstić information content (AvgIpc) is 2.22. The molecule has 0 aromatic heterocycles. The second-order valence-electron chi connectivity index (χ2n) is 4.50. The number of hydrogen-bond acceptors (Lipinski definition) is 0. The van der Waals surface area contributed by atoms with Crippen LogP contribution in [0.1, 0.15) is 107 Å². The Morgan fingerprint density at radius 1 is 0.647 bits per heavy atom. The van der Waals surface area contributed by atoms with Crippen LogP contribution in [-0.2, 0) is 0 Å². The third-order valence-electron chi connectivity index (χ3n) is 1.71. The predicted octanol–water partition coefficient (Wildman–Crippen LogP) is 7.47.